The molecule has 2 N–H and O–H groups in total. The van der Waals surface area contributed by atoms with Gasteiger partial charge in [0.1, 0.15) is 5.75 Å². The van der Waals surface area contributed by atoms with Gasteiger partial charge in [0.2, 0.25) is 0 Å². The standard InChI is InChI=1S/C12H14O3/c1-2-3-4-11(12(14)15)9-5-7-10(13)8-6-9/h4-8,13H,2-3H2,1H3,(H,14,15)/b11-4+. The average molecular weight is 206 g/mol. The molecule has 0 aliphatic carbocycles. The molecule has 0 saturated heterocycles. The fourth-order valence-electron chi connectivity index (χ4n) is 1.26. The van der Waals surface area contributed by atoms with Crippen LogP contribution in [0.5, 0.6) is 5.75 Å². The molecule has 0 bridgehead atoms. The Morgan fingerprint density at radius 2 is 1.93 bits per heavy atom. The summed E-state index contributed by atoms with van der Waals surface area (Å²) in [5.74, 6) is -0.798. The molecule has 1 aromatic rings. The third-order valence-corrected chi connectivity index (χ3v) is 2.05. The van der Waals surface area contributed by atoms with Gasteiger partial charge in [0.15, 0.2) is 0 Å². The van der Waals surface area contributed by atoms with E-state index < -0.39 is 5.97 Å². The molecule has 0 saturated carbocycles. The molecule has 0 fully saturated rings. The van der Waals surface area contributed by atoms with E-state index in [1.54, 1.807) is 18.2 Å². The average Bonchev–Trinajstić information content (AvgIpc) is 2.21. The number of carboxylic acids is 1. The maximum Gasteiger partial charge on any atom is 0.335 e. The van der Waals surface area contributed by atoms with Gasteiger partial charge in [-0.15, -0.1) is 0 Å². The number of aromatic hydroxyl groups is 1. The van der Waals surface area contributed by atoms with E-state index in [4.69, 9.17) is 10.2 Å². The van der Waals surface area contributed by atoms with Crippen molar-refractivity contribution in [3.63, 3.8) is 0 Å². The van der Waals surface area contributed by atoms with Gasteiger partial charge in [0.05, 0.1) is 5.57 Å². The molecule has 3 nitrogen and oxygen atoms in total. The number of aliphatic carboxylic acids is 1. The Kier molecular flexibility index (Phi) is 3.92. The van der Waals surface area contributed by atoms with Crippen LogP contribution in [0, 0.1) is 0 Å². The first-order valence-electron chi connectivity index (χ1n) is 4.88. The van der Waals surface area contributed by atoms with Crippen molar-refractivity contribution < 1.29 is 15.0 Å². The van der Waals surface area contributed by atoms with E-state index >= 15 is 0 Å². The predicted molar refractivity (Wildman–Crippen MR) is 58.6 cm³/mol. The van der Waals surface area contributed by atoms with Crippen molar-refractivity contribution in [1.82, 2.24) is 0 Å². The zero-order valence-corrected chi connectivity index (χ0v) is 8.60. The molecule has 0 aliphatic rings. The number of carbonyl (C=O) groups is 1. The molecular formula is C12H14O3. The fraction of sp³-hybridized carbons (Fsp3) is 0.250. The summed E-state index contributed by atoms with van der Waals surface area (Å²) in [5.41, 5.74) is 0.908. The number of benzene rings is 1. The largest absolute Gasteiger partial charge is 0.508 e. The Morgan fingerprint density at radius 1 is 1.33 bits per heavy atom. The second kappa shape index (κ2) is 5.20. The van der Waals surface area contributed by atoms with E-state index in [2.05, 4.69) is 0 Å². The predicted octanol–water partition coefficient (Wildman–Crippen LogP) is 2.66. The monoisotopic (exact) mass is 206 g/mol. The molecule has 0 spiro atoms. The van der Waals surface area contributed by atoms with Crippen LogP contribution in [-0.2, 0) is 4.79 Å². The van der Waals surface area contributed by atoms with Crippen molar-refractivity contribution in [3.05, 3.63) is 35.9 Å². The van der Waals surface area contributed by atoms with Gasteiger partial charge < -0.3 is 10.2 Å². The lowest BCUT2D eigenvalue weighted by Crippen LogP contribution is -1.99. The van der Waals surface area contributed by atoms with Crippen LogP contribution >= 0.6 is 0 Å². The van der Waals surface area contributed by atoms with E-state index in [0.29, 0.717) is 5.56 Å². The van der Waals surface area contributed by atoms with Gasteiger partial charge in [-0.3, -0.25) is 0 Å². The third kappa shape index (κ3) is 3.13. The summed E-state index contributed by atoms with van der Waals surface area (Å²) in [6.07, 6.45) is 3.35. The molecule has 0 radical (unpaired) electrons. The normalized spacial score (nSPS) is 11.4. The van der Waals surface area contributed by atoms with Gasteiger partial charge in [0, 0.05) is 0 Å². The lowest BCUT2D eigenvalue weighted by atomic mass is 10.0. The zero-order valence-electron chi connectivity index (χ0n) is 8.60. The lowest BCUT2D eigenvalue weighted by Gasteiger charge is -2.02. The Morgan fingerprint density at radius 3 is 2.40 bits per heavy atom. The first-order valence-corrected chi connectivity index (χ1v) is 4.88. The first-order chi connectivity index (χ1) is 7.15. The van der Waals surface area contributed by atoms with Crippen LogP contribution in [0.25, 0.3) is 5.57 Å². The number of hydrogen-bond acceptors (Lipinski definition) is 2. The summed E-state index contributed by atoms with van der Waals surface area (Å²) in [6, 6.07) is 6.17. The third-order valence-electron chi connectivity index (χ3n) is 2.05. The molecule has 80 valence electrons. The van der Waals surface area contributed by atoms with Gasteiger partial charge >= 0.3 is 5.97 Å². The van der Waals surface area contributed by atoms with Crippen molar-refractivity contribution >= 4 is 11.5 Å². The smallest absolute Gasteiger partial charge is 0.335 e. The van der Waals surface area contributed by atoms with Crippen LogP contribution in [0.4, 0.5) is 0 Å². The molecule has 1 aromatic carbocycles. The summed E-state index contributed by atoms with van der Waals surface area (Å²) < 4.78 is 0. The number of hydrogen-bond donors (Lipinski definition) is 2. The maximum absolute atomic E-state index is 11.0. The van der Waals surface area contributed by atoms with Crippen LogP contribution < -0.4 is 0 Å². The van der Waals surface area contributed by atoms with E-state index in [0.717, 1.165) is 12.8 Å². The van der Waals surface area contributed by atoms with E-state index in [9.17, 15) is 4.79 Å². The van der Waals surface area contributed by atoms with Gasteiger partial charge in [-0.05, 0) is 24.1 Å². The minimum atomic E-state index is -0.936. The minimum Gasteiger partial charge on any atom is -0.508 e. The topological polar surface area (TPSA) is 57.5 Å². The summed E-state index contributed by atoms with van der Waals surface area (Å²) >= 11 is 0. The zero-order chi connectivity index (χ0) is 11.3. The number of allylic oxidation sites excluding steroid dienone is 1. The van der Waals surface area contributed by atoms with Crippen LogP contribution in [0.3, 0.4) is 0 Å². The second-order valence-electron chi connectivity index (χ2n) is 3.26. The molecule has 0 amide bonds. The second-order valence-corrected chi connectivity index (χ2v) is 3.26. The fourth-order valence-corrected chi connectivity index (χ4v) is 1.26. The van der Waals surface area contributed by atoms with Crippen LogP contribution in [0.2, 0.25) is 0 Å². The van der Waals surface area contributed by atoms with Crippen LogP contribution in [0.15, 0.2) is 30.3 Å². The summed E-state index contributed by atoms with van der Waals surface area (Å²) in [5, 5.41) is 18.1. The highest BCUT2D eigenvalue weighted by Crippen LogP contribution is 2.19. The van der Waals surface area contributed by atoms with Crippen molar-refractivity contribution in [2.75, 3.05) is 0 Å². The van der Waals surface area contributed by atoms with E-state index in [1.165, 1.54) is 12.1 Å². The van der Waals surface area contributed by atoms with E-state index in [1.807, 2.05) is 6.92 Å². The van der Waals surface area contributed by atoms with Gasteiger partial charge in [-0.1, -0.05) is 31.6 Å². The molecule has 0 atom stereocenters. The Balaban J connectivity index is 2.99. The molecule has 15 heavy (non-hydrogen) atoms. The highest BCUT2D eigenvalue weighted by atomic mass is 16.4. The van der Waals surface area contributed by atoms with Crippen molar-refractivity contribution in [3.8, 4) is 5.75 Å². The molecule has 0 aromatic heterocycles. The molecule has 0 unspecified atom stereocenters. The van der Waals surface area contributed by atoms with E-state index in [-0.39, 0.29) is 11.3 Å². The highest BCUT2D eigenvalue weighted by molar-refractivity contribution is 6.15. The first kappa shape index (κ1) is 11.3. The summed E-state index contributed by atoms with van der Waals surface area (Å²) in [4.78, 5) is 11.0. The maximum atomic E-state index is 11.0. The van der Waals surface area contributed by atoms with Crippen molar-refractivity contribution in [1.29, 1.82) is 0 Å². The number of rotatable bonds is 4. The minimum absolute atomic E-state index is 0.138. The van der Waals surface area contributed by atoms with Crippen molar-refractivity contribution in [2.45, 2.75) is 19.8 Å². The van der Waals surface area contributed by atoms with Crippen molar-refractivity contribution in [2.24, 2.45) is 0 Å². The van der Waals surface area contributed by atoms with Gasteiger partial charge in [0.25, 0.3) is 0 Å². The highest BCUT2D eigenvalue weighted by Gasteiger charge is 2.09. The van der Waals surface area contributed by atoms with Crippen LogP contribution in [-0.4, -0.2) is 16.2 Å². The van der Waals surface area contributed by atoms with Crippen LogP contribution in [0.1, 0.15) is 25.3 Å². The number of phenols is 1. The Hall–Kier alpha value is -1.77. The quantitative estimate of drug-likeness (QED) is 0.744. The van der Waals surface area contributed by atoms with Gasteiger partial charge in [-0.2, -0.15) is 0 Å². The molecule has 1 rings (SSSR count). The SMILES string of the molecule is CCC/C=C(/C(=O)O)c1ccc(O)cc1. The van der Waals surface area contributed by atoms with Gasteiger partial charge in [-0.25, -0.2) is 4.79 Å². The number of phenolic OH excluding ortho intramolecular Hbond substituents is 1. The lowest BCUT2D eigenvalue weighted by molar-refractivity contribution is -0.130. The molecular weight excluding hydrogens is 192 g/mol. The molecule has 0 aliphatic heterocycles. The number of unbranched alkanes of at least 4 members (excludes halogenated alkanes) is 1. The Labute approximate surface area is 88.7 Å². The Bertz CT molecular complexity index is 363. The summed E-state index contributed by atoms with van der Waals surface area (Å²) in [7, 11) is 0. The molecule has 3 heteroatoms. The summed E-state index contributed by atoms with van der Waals surface area (Å²) in [6.45, 7) is 1.99. The number of carboxylic acid groups (broad SMARTS) is 1. The molecule has 0 heterocycles.